The molecule has 0 atom stereocenters. The molecule has 0 bridgehead atoms. The highest BCUT2D eigenvalue weighted by Gasteiger charge is 2.31. The fourth-order valence-corrected chi connectivity index (χ4v) is 3.15. The first-order valence-electron chi connectivity index (χ1n) is 7.90. The number of anilines is 1. The lowest BCUT2D eigenvalue weighted by atomic mass is 10.1. The molecule has 0 N–H and O–H groups in total. The van der Waals surface area contributed by atoms with Crippen LogP contribution < -0.4 is 4.90 Å². The van der Waals surface area contributed by atoms with Crippen LogP contribution in [-0.2, 0) is 5.33 Å². The second-order valence-electron chi connectivity index (χ2n) is 6.40. The van der Waals surface area contributed by atoms with Crippen LogP contribution >= 0.6 is 15.9 Å². The van der Waals surface area contributed by atoms with Crippen molar-refractivity contribution < 1.29 is 0 Å². The molecule has 0 saturated heterocycles. The standard InChI is InChI=1S/C18H23BrN2/c1-13(2)9-10-21(16-7-8-16)18-15(12-19)11-14-5-3-4-6-17(14)20-18/h3-6,11,13,16H,7-10,12H2,1-2H3. The van der Waals surface area contributed by atoms with Crippen LogP contribution in [-0.4, -0.2) is 17.6 Å². The van der Waals surface area contributed by atoms with E-state index in [-0.39, 0.29) is 0 Å². The molecule has 1 aromatic carbocycles. The summed E-state index contributed by atoms with van der Waals surface area (Å²) < 4.78 is 0. The Labute approximate surface area is 135 Å². The molecule has 1 fully saturated rings. The number of alkyl halides is 1. The number of hydrogen-bond donors (Lipinski definition) is 0. The second kappa shape index (κ2) is 6.35. The Morgan fingerprint density at radius 3 is 2.71 bits per heavy atom. The van der Waals surface area contributed by atoms with Gasteiger partial charge in [-0.25, -0.2) is 4.98 Å². The monoisotopic (exact) mass is 346 g/mol. The highest BCUT2D eigenvalue weighted by Crippen LogP contribution is 2.35. The average Bonchev–Trinajstić information content (AvgIpc) is 3.31. The zero-order chi connectivity index (χ0) is 14.8. The van der Waals surface area contributed by atoms with Crippen LogP contribution in [0.25, 0.3) is 10.9 Å². The summed E-state index contributed by atoms with van der Waals surface area (Å²) >= 11 is 3.65. The molecule has 1 aromatic heterocycles. The minimum atomic E-state index is 0.704. The molecule has 3 rings (SSSR count). The molecule has 1 saturated carbocycles. The molecular weight excluding hydrogens is 324 g/mol. The Morgan fingerprint density at radius 1 is 1.29 bits per heavy atom. The van der Waals surface area contributed by atoms with Crippen molar-refractivity contribution in [2.75, 3.05) is 11.4 Å². The Morgan fingerprint density at radius 2 is 2.05 bits per heavy atom. The van der Waals surface area contributed by atoms with Gasteiger partial charge in [-0.3, -0.25) is 0 Å². The predicted molar refractivity (Wildman–Crippen MR) is 94.2 cm³/mol. The lowest BCUT2D eigenvalue weighted by Gasteiger charge is -2.27. The SMILES string of the molecule is CC(C)CCN(c1nc2ccccc2cc1CBr)C1CC1. The van der Waals surface area contributed by atoms with Crippen molar-refractivity contribution in [3.05, 3.63) is 35.9 Å². The van der Waals surface area contributed by atoms with Crippen LogP contribution in [0.15, 0.2) is 30.3 Å². The third-order valence-electron chi connectivity index (χ3n) is 4.13. The van der Waals surface area contributed by atoms with Crippen molar-refractivity contribution in [1.29, 1.82) is 0 Å². The van der Waals surface area contributed by atoms with Gasteiger partial charge in [-0.05, 0) is 37.3 Å². The largest absolute Gasteiger partial charge is 0.353 e. The van der Waals surface area contributed by atoms with E-state index in [4.69, 9.17) is 4.98 Å². The van der Waals surface area contributed by atoms with Gasteiger partial charge in [0.1, 0.15) is 5.82 Å². The third-order valence-corrected chi connectivity index (χ3v) is 4.74. The summed E-state index contributed by atoms with van der Waals surface area (Å²) in [4.78, 5) is 7.53. The minimum Gasteiger partial charge on any atom is -0.353 e. The topological polar surface area (TPSA) is 16.1 Å². The van der Waals surface area contributed by atoms with Crippen LogP contribution in [0.4, 0.5) is 5.82 Å². The number of benzene rings is 1. The Balaban J connectivity index is 1.98. The molecule has 0 aliphatic heterocycles. The highest BCUT2D eigenvalue weighted by molar-refractivity contribution is 9.08. The van der Waals surface area contributed by atoms with Gasteiger partial charge in [0.25, 0.3) is 0 Å². The van der Waals surface area contributed by atoms with Crippen molar-refractivity contribution in [3.63, 3.8) is 0 Å². The molecule has 3 heteroatoms. The van der Waals surface area contributed by atoms with Crippen LogP contribution in [0.5, 0.6) is 0 Å². The first-order chi connectivity index (χ1) is 10.2. The van der Waals surface area contributed by atoms with E-state index in [0.717, 1.165) is 23.3 Å². The van der Waals surface area contributed by atoms with Gasteiger partial charge in [-0.1, -0.05) is 48.0 Å². The summed E-state index contributed by atoms with van der Waals surface area (Å²) in [5.74, 6) is 1.92. The zero-order valence-electron chi connectivity index (χ0n) is 12.8. The van der Waals surface area contributed by atoms with E-state index in [1.54, 1.807) is 0 Å². The van der Waals surface area contributed by atoms with Gasteiger partial charge in [-0.15, -0.1) is 0 Å². The average molecular weight is 347 g/mol. The second-order valence-corrected chi connectivity index (χ2v) is 6.97. The maximum Gasteiger partial charge on any atom is 0.133 e. The summed E-state index contributed by atoms with van der Waals surface area (Å²) in [6.07, 6.45) is 3.86. The molecule has 0 amide bonds. The van der Waals surface area contributed by atoms with E-state index in [9.17, 15) is 0 Å². The van der Waals surface area contributed by atoms with E-state index in [1.807, 2.05) is 0 Å². The van der Waals surface area contributed by atoms with Gasteiger partial charge in [0.05, 0.1) is 5.52 Å². The fraction of sp³-hybridized carbons (Fsp3) is 0.500. The third kappa shape index (κ3) is 3.39. The number of hydrogen-bond acceptors (Lipinski definition) is 2. The van der Waals surface area contributed by atoms with Crippen molar-refractivity contribution >= 4 is 32.7 Å². The van der Waals surface area contributed by atoms with E-state index in [0.29, 0.717) is 6.04 Å². The van der Waals surface area contributed by atoms with E-state index >= 15 is 0 Å². The van der Waals surface area contributed by atoms with Crippen LogP contribution in [0.2, 0.25) is 0 Å². The zero-order valence-corrected chi connectivity index (χ0v) is 14.4. The molecule has 1 heterocycles. The summed E-state index contributed by atoms with van der Waals surface area (Å²) in [6, 6.07) is 11.4. The van der Waals surface area contributed by atoms with Crippen molar-refractivity contribution in [2.45, 2.75) is 44.5 Å². The maximum atomic E-state index is 4.98. The molecule has 1 aliphatic carbocycles. The van der Waals surface area contributed by atoms with Gasteiger partial charge in [0, 0.05) is 28.9 Å². The first kappa shape index (κ1) is 14.8. The molecule has 21 heavy (non-hydrogen) atoms. The molecular formula is C18H23BrN2. The number of nitrogens with zero attached hydrogens (tertiary/aromatic N) is 2. The summed E-state index contributed by atoms with van der Waals surface area (Å²) in [7, 11) is 0. The smallest absolute Gasteiger partial charge is 0.133 e. The molecule has 2 nitrogen and oxygen atoms in total. The number of fused-ring (bicyclic) bond motifs is 1. The van der Waals surface area contributed by atoms with Crippen molar-refractivity contribution in [2.24, 2.45) is 5.92 Å². The van der Waals surface area contributed by atoms with Crippen molar-refractivity contribution in [1.82, 2.24) is 4.98 Å². The molecule has 0 spiro atoms. The molecule has 0 radical (unpaired) electrons. The maximum absolute atomic E-state index is 4.98. The highest BCUT2D eigenvalue weighted by atomic mass is 79.9. The Kier molecular flexibility index (Phi) is 4.48. The van der Waals surface area contributed by atoms with Gasteiger partial charge in [-0.2, -0.15) is 0 Å². The molecule has 2 aromatic rings. The lowest BCUT2D eigenvalue weighted by Crippen LogP contribution is -2.29. The number of para-hydroxylation sites is 1. The van der Waals surface area contributed by atoms with E-state index in [2.05, 4.69) is 65.0 Å². The predicted octanol–water partition coefficient (Wildman–Crippen LogP) is 5.14. The summed E-state index contributed by atoms with van der Waals surface area (Å²) in [5.41, 5.74) is 2.41. The van der Waals surface area contributed by atoms with E-state index in [1.165, 1.54) is 36.0 Å². The minimum absolute atomic E-state index is 0.704. The molecule has 1 aliphatic rings. The lowest BCUT2D eigenvalue weighted by molar-refractivity contribution is 0.568. The number of rotatable bonds is 6. The van der Waals surface area contributed by atoms with Crippen LogP contribution in [0.1, 0.15) is 38.7 Å². The summed E-state index contributed by atoms with van der Waals surface area (Å²) in [5, 5.41) is 2.10. The number of aromatic nitrogens is 1. The van der Waals surface area contributed by atoms with Crippen molar-refractivity contribution in [3.8, 4) is 0 Å². The van der Waals surface area contributed by atoms with Gasteiger partial charge in [0.15, 0.2) is 0 Å². The van der Waals surface area contributed by atoms with Gasteiger partial charge < -0.3 is 4.90 Å². The first-order valence-corrected chi connectivity index (χ1v) is 9.02. The normalized spacial score (nSPS) is 14.9. The molecule has 112 valence electrons. The Bertz CT molecular complexity index is 620. The quantitative estimate of drug-likeness (QED) is 0.672. The Hall–Kier alpha value is -1.09. The molecule has 0 unspecified atom stereocenters. The van der Waals surface area contributed by atoms with Crippen LogP contribution in [0, 0.1) is 5.92 Å². The summed E-state index contributed by atoms with van der Waals surface area (Å²) in [6.45, 7) is 5.71. The van der Waals surface area contributed by atoms with Gasteiger partial charge >= 0.3 is 0 Å². The van der Waals surface area contributed by atoms with E-state index < -0.39 is 0 Å². The number of halogens is 1. The fourth-order valence-electron chi connectivity index (χ4n) is 2.74. The van der Waals surface area contributed by atoms with Crippen LogP contribution in [0.3, 0.4) is 0 Å². The van der Waals surface area contributed by atoms with Gasteiger partial charge in [0.2, 0.25) is 0 Å². The number of pyridine rings is 1.